The van der Waals surface area contributed by atoms with Crippen LogP contribution in [0.4, 0.5) is 0 Å². The number of hydrogen-bond acceptors (Lipinski definition) is 4. The summed E-state index contributed by atoms with van der Waals surface area (Å²) in [4.78, 5) is 11.5. The third-order valence-corrected chi connectivity index (χ3v) is 5.07. The zero-order valence-electron chi connectivity index (χ0n) is 17.1. The molecule has 3 rings (SSSR count). The van der Waals surface area contributed by atoms with Gasteiger partial charge in [0.2, 0.25) is 0 Å². The topological polar surface area (TPSA) is 66.2 Å². The van der Waals surface area contributed by atoms with Crippen LogP contribution in [0.3, 0.4) is 0 Å². The minimum absolute atomic E-state index is 0. The van der Waals surface area contributed by atoms with Gasteiger partial charge in [0.15, 0.2) is 5.96 Å². The second kappa shape index (κ2) is 11.6. The summed E-state index contributed by atoms with van der Waals surface area (Å²) in [5.74, 6) is 1.42. The first-order valence-electron chi connectivity index (χ1n) is 9.86. The predicted octanol–water partition coefficient (Wildman–Crippen LogP) is 2.02. The number of morpholine rings is 1. The van der Waals surface area contributed by atoms with Gasteiger partial charge >= 0.3 is 0 Å². The number of nitrogens with zero attached hydrogens (tertiary/aromatic N) is 4. The summed E-state index contributed by atoms with van der Waals surface area (Å²) in [6.07, 6.45) is 4.97. The molecule has 0 aliphatic carbocycles. The van der Waals surface area contributed by atoms with Crippen LogP contribution in [0.5, 0.6) is 0 Å². The van der Waals surface area contributed by atoms with Crippen LogP contribution in [-0.4, -0.2) is 72.7 Å². The van der Waals surface area contributed by atoms with Gasteiger partial charge in [0.05, 0.1) is 18.9 Å². The van der Waals surface area contributed by atoms with E-state index < -0.39 is 0 Å². The molecule has 1 fully saturated rings. The SMILES string of the molecule is CN=C(NCCc1cn2ccccc2n1)NCC(C(C)C)N1CCOCC1.I. The number of nitrogens with one attached hydrogen (secondary N) is 2. The van der Waals surface area contributed by atoms with Gasteiger partial charge in [-0.15, -0.1) is 24.0 Å². The van der Waals surface area contributed by atoms with Gasteiger partial charge in [-0.2, -0.15) is 0 Å². The summed E-state index contributed by atoms with van der Waals surface area (Å²) in [6.45, 7) is 9.90. The fourth-order valence-electron chi connectivity index (χ4n) is 3.53. The Balaban J connectivity index is 0.00000280. The van der Waals surface area contributed by atoms with Crippen molar-refractivity contribution in [3.8, 4) is 0 Å². The zero-order chi connectivity index (χ0) is 19.1. The fraction of sp³-hybridized carbons (Fsp3) is 0.600. The molecule has 2 aromatic rings. The molecule has 8 heteroatoms. The second-order valence-electron chi connectivity index (χ2n) is 7.29. The van der Waals surface area contributed by atoms with E-state index in [1.807, 2.05) is 31.4 Å². The maximum Gasteiger partial charge on any atom is 0.191 e. The summed E-state index contributed by atoms with van der Waals surface area (Å²) in [5.41, 5.74) is 2.07. The number of pyridine rings is 1. The van der Waals surface area contributed by atoms with Crippen LogP contribution >= 0.6 is 24.0 Å². The molecule has 2 aromatic heterocycles. The summed E-state index contributed by atoms with van der Waals surface area (Å²) in [5, 5.41) is 6.90. The lowest BCUT2D eigenvalue weighted by Gasteiger charge is -2.37. The highest BCUT2D eigenvalue weighted by Gasteiger charge is 2.23. The van der Waals surface area contributed by atoms with Crippen molar-refractivity contribution in [1.29, 1.82) is 0 Å². The van der Waals surface area contributed by atoms with Crippen LogP contribution < -0.4 is 10.6 Å². The number of aromatic nitrogens is 2. The average molecular weight is 500 g/mol. The Kier molecular flexibility index (Phi) is 9.46. The monoisotopic (exact) mass is 500 g/mol. The van der Waals surface area contributed by atoms with E-state index in [4.69, 9.17) is 4.74 Å². The third kappa shape index (κ3) is 6.31. The normalized spacial score (nSPS) is 16.8. The fourth-order valence-corrected chi connectivity index (χ4v) is 3.53. The molecule has 1 atom stereocenters. The number of halogens is 1. The van der Waals surface area contributed by atoms with Crippen molar-refractivity contribution < 1.29 is 4.74 Å². The van der Waals surface area contributed by atoms with Gasteiger partial charge in [0.25, 0.3) is 0 Å². The van der Waals surface area contributed by atoms with Crippen LogP contribution in [0.15, 0.2) is 35.6 Å². The molecule has 0 radical (unpaired) electrons. The van der Waals surface area contributed by atoms with E-state index in [1.54, 1.807) is 0 Å². The molecule has 156 valence electrons. The van der Waals surface area contributed by atoms with Crippen molar-refractivity contribution in [2.24, 2.45) is 10.9 Å². The molecule has 1 aliphatic heterocycles. The minimum Gasteiger partial charge on any atom is -0.379 e. The highest BCUT2D eigenvalue weighted by molar-refractivity contribution is 14.0. The maximum atomic E-state index is 5.49. The van der Waals surface area contributed by atoms with Crippen molar-refractivity contribution in [2.45, 2.75) is 26.3 Å². The molecule has 7 nitrogen and oxygen atoms in total. The van der Waals surface area contributed by atoms with Crippen LogP contribution in [0, 0.1) is 5.92 Å². The van der Waals surface area contributed by atoms with E-state index in [1.165, 1.54) is 0 Å². The Labute approximate surface area is 185 Å². The predicted molar refractivity (Wildman–Crippen MR) is 125 cm³/mol. The third-order valence-electron chi connectivity index (χ3n) is 5.07. The molecule has 0 bridgehead atoms. The van der Waals surface area contributed by atoms with Crippen molar-refractivity contribution >= 4 is 35.6 Å². The van der Waals surface area contributed by atoms with E-state index in [9.17, 15) is 0 Å². The largest absolute Gasteiger partial charge is 0.379 e. The van der Waals surface area contributed by atoms with Crippen molar-refractivity contribution in [3.63, 3.8) is 0 Å². The zero-order valence-corrected chi connectivity index (χ0v) is 19.4. The molecule has 1 saturated heterocycles. The first kappa shape index (κ1) is 22.9. The highest BCUT2D eigenvalue weighted by atomic mass is 127. The lowest BCUT2D eigenvalue weighted by atomic mass is 10.0. The van der Waals surface area contributed by atoms with Gasteiger partial charge in [-0.05, 0) is 18.1 Å². The van der Waals surface area contributed by atoms with Gasteiger partial charge in [-0.3, -0.25) is 9.89 Å². The van der Waals surface area contributed by atoms with Crippen LogP contribution in [0.25, 0.3) is 5.65 Å². The lowest BCUT2D eigenvalue weighted by Crippen LogP contribution is -2.52. The standard InChI is InChI=1S/C20H32N6O.HI/c1-16(2)18(25-10-12-27-13-11-25)14-23-20(21-3)22-8-7-17-15-26-9-5-4-6-19(26)24-17;/h4-6,9,15-16,18H,7-8,10-14H2,1-3H3,(H2,21,22,23);1H. The number of aliphatic imine (C=N–C) groups is 1. The number of guanidine groups is 1. The first-order valence-corrected chi connectivity index (χ1v) is 9.86. The van der Waals surface area contributed by atoms with E-state index in [2.05, 4.69) is 50.0 Å². The van der Waals surface area contributed by atoms with Gasteiger partial charge < -0.3 is 19.8 Å². The van der Waals surface area contributed by atoms with E-state index in [0.29, 0.717) is 12.0 Å². The molecule has 0 spiro atoms. The van der Waals surface area contributed by atoms with Crippen LogP contribution in [0.2, 0.25) is 0 Å². The van der Waals surface area contributed by atoms with Crippen LogP contribution in [-0.2, 0) is 11.2 Å². The van der Waals surface area contributed by atoms with Gasteiger partial charge in [0.1, 0.15) is 5.65 Å². The summed E-state index contributed by atoms with van der Waals surface area (Å²) < 4.78 is 7.54. The molecule has 2 N–H and O–H groups in total. The number of hydrogen-bond donors (Lipinski definition) is 2. The van der Waals surface area contributed by atoms with Gasteiger partial charge in [-0.25, -0.2) is 4.98 Å². The van der Waals surface area contributed by atoms with Crippen LogP contribution in [0.1, 0.15) is 19.5 Å². The molecule has 0 amide bonds. The van der Waals surface area contributed by atoms with Gasteiger partial charge in [0, 0.05) is 58.1 Å². The lowest BCUT2D eigenvalue weighted by molar-refractivity contribution is 0.00752. The van der Waals surface area contributed by atoms with Crippen molar-refractivity contribution in [3.05, 3.63) is 36.3 Å². The average Bonchev–Trinajstić information content (AvgIpc) is 3.10. The van der Waals surface area contributed by atoms with Crippen molar-refractivity contribution in [2.75, 3.05) is 46.4 Å². The van der Waals surface area contributed by atoms with E-state index >= 15 is 0 Å². The van der Waals surface area contributed by atoms with Crippen molar-refractivity contribution in [1.82, 2.24) is 24.9 Å². The summed E-state index contributed by atoms with van der Waals surface area (Å²) >= 11 is 0. The Morgan fingerprint density at radius 2 is 2.04 bits per heavy atom. The summed E-state index contributed by atoms with van der Waals surface area (Å²) in [6, 6.07) is 6.53. The molecular formula is C20H33IN6O. The van der Waals surface area contributed by atoms with Gasteiger partial charge in [-0.1, -0.05) is 19.9 Å². The first-order chi connectivity index (χ1) is 13.2. The number of ether oxygens (including phenoxy) is 1. The number of rotatable bonds is 7. The molecular weight excluding hydrogens is 467 g/mol. The molecule has 1 unspecified atom stereocenters. The molecule has 28 heavy (non-hydrogen) atoms. The molecule has 3 heterocycles. The number of imidazole rings is 1. The Bertz CT molecular complexity index is 708. The maximum absolute atomic E-state index is 5.49. The molecule has 0 aromatic carbocycles. The molecule has 0 saturated carbocycles. The number of fused-ring (bicyclic) bond motifs is 1. The minimum atomic E-state index is 0. The molecule has 1 aliphatic rings. The smallest absolute Gasteiger partial charge is 0.191 e. The highest BCUT2D eigenvalue weighted by Crippen LogP contribution is 2.12. The van der Waals surface area contributed by atoms with E-state index in [-0.39, 0.29) is 24.0 Å². The second-order valence-corrected chi connectivity index (χ2v) is 7.29. The summed E-state index contributed by atoms with van der Waals surface area (Å²) in [7, 11) is 1.82. The quantitative estimate of drug-likeness (QED) is 0.346. The Hall–Kier alpha value is -1.39. The Morgan fingerprint density at radius 3 is 2.71 bits per heavy atom. The Morgan fingerprint density at radius 1 is 1.25 bits per heavy atom. The van der Waals surface area contributed by atoms with E-state index in [0.717, 1.165) is 63.1 Å².